The number of unbranched alkanes of at least 4 members (excludes halogenated alkanes) is 1. The van der Waals surface area contributed by atoms with E-state index < -0.39 is 0 Å². The van der Waals surface area contributed by atoms with Gasteiger partial charge in [0.05, 0.1) is 0 Å². The molecule has 0 amide bonds. The van der Waals surface area contributed by atoms with Crippen LogP contribution < -0.4 is 0 Å². The number of hydrogen-bond acceptors (Lipinski definition) is 5. The molecule has 1 aromatic rings. The monoisotopic (exact) mass is 567 g/mol. The van der Waals surface area contributed by atoms with Crippen molar-refractivity contribution in [3.63, 3.8) is 0 Å². The van der Waals surface area contributed by atoms with E-state index in [0.717, 1.165) is 74.9 Å². The minimum Gasteiger partial charge on any atom is -0.381 e. The summed E-state index contributed by atoms with van der Waals surface area (Å²) in [6.45, 7) is 18.6. The van der Waals surface area contributed by atoms with Crippen LogP contribution in [0.25, 0.3) is 0 Å². The van der Waals surface area contributed by atoms with Gasteiger partial charge >= 0.3 is 0 Å². The SMILES string of the molecule is CCCCC(=O)/C(CC(CC)CC(=O)c1c(C#N)sc(C(C)C(CCC)C2CCOCC2)c1C)=C(/C)C=C(C)C. The molecule has 222 valence electrons. The molecule has 1 aromatic heterocycles. The molecule has 0 N–H and O–H groups in total. The van der Waals surface area contributed by atoms with Crippen molar-refractivity contribution < 1.29 is 14.3 Å². The van der Waals surface area contributed by atoms with Crippen molar-refractivity contribution in [1.82, 2.24) is 0 Å². The molecule has 5 heteroatoms. The predicted molar refractivity (Wildman–Crippen MR) is 168 cm³/mol. The van der Waals surface area contributed by atoms with E-state index in [1.54, 1.807) is 0 Å². The molecule has 1 aliphatic rings. The molecule has 0 aliphatic carbocycles. The Morgan fingerprint density at radius 2 is 1.77 bits per heavy atom. The first kappa shape index (κ1) is 34.2. The van der Waals surface area contributed by atoms with Crippen LogP contribution in [-0.4, -0.2) is 24.8 Å². The third-order valence-electron chi connectivity index (χ3n) is 8.73. The van der Waals surface area contributed by atoms with E-state index in [-0.39, 0.29) is 17.5 Å². The number of Topliss-reactive ketones (excluding diaryl/α,β-unsaturated/α-hetero) is 2. The minimum absolute atomic E-state index is 0.0499. The first-order valence-corrected chi connectivity index (χ1v) is 16.4. The van der Waals surface area contributed by atoms with Gasteiger partial charge in [0, 0.05) is 36.5 Å². The highest BCUT2D eigenvalue weighted by molar-refractivity contribution is 7.13. The maximum Gasteiger partial charge on any atom is 0.165 e. The number of allylic oxidation sites excluding steroid dienone is 4. The molecule has 4 nitrogen and oxygen atoms in total. The molecule has 2 heterocycles. The first-order valence-electron chi connectivity index (χ1n) is 15.6. The van der Waals surface area contributed by atoms with Gasteiger partial charge in [0.1, 0.15) is 10.9 Å². The lowest BCUT2D eigenvalue weighted by atomic mass is 9.74. The normalized spacial score (nSPS) is 17.0. The first-order chi connectivity index (χ1) is 19.1. The van der Waals surface area contributed by atoms with Crippen molar-refractivity contribution in [2.24, 2.45) is 17.8 Å². The second-order valence-corrected chi connectivity index (χ2v) is 13.2. The fourth-order valence-corrected chi connectivity index (χ4v) is 7.71. The average Bonchev–Trinajstić information content (AvgIpc) is 3.28. The number of carbonyl (C=O) groups excluding carboxylic acids is 2. The zero-order valence-corrected chi connectivity index (χ0v) is 27.3. The second-order valence-electron chi connectivity index (χ2n) is 12.1. The zero-order chi connectivity index (χ0) is 29.8. The van der Waals surface area contributed by atoms with Gasteiger partial charge in [-0.15, -0.1) is 11.3 Å². The maximum absolute atomic E-state index is 13.8. The van der Waals surface area contributed by atoms with Gasteiger partial charge in [-0.1, -0.05) is 58.6 Å². The molecule has 0 spiro atoms. The van der Waals surface area contributed by atoms with Crippen molar-refractivity contribution in [1.29, 1.82) is 5.26 Å². The summed E-state index contributed by atoms with van der Waals surface area (Å²) in [5.74, 6) is 1.78. The quantitative estimate of drug-likeness (QED) is 0.113. The van der Waals surface area contributed by atoms with Crippen LogP contribution in [0.1, 0.15) is 144 Å². The lowest BCUT2D eigenvalue weighted by Gasteiger charge is -2.34. The van der Waals surface area contributed by atoms with E-state index in [1.165, 1.54) is 21.8 Å². The topological polar surface area (TPSA) is 67.2 Å². The van der Waals surface area contributed by atoms with Gasteiger partial charge in [-0.2, -0.15) is 5.26 Å². The van der Waals surface area contributed by atoms with Crippen molar-refractivity contribution in [2.75, 3.05) is 13.2 Å². The fraction of sp³-hybridized carbons (Fsp3) is 0.686. The van der Waals surface area contributed by atoms with E-state index in [0.29, 0.717) is 47.5 Å². The number of thiophene rings is 1. The summed E-state index contributed by atoms with van der Waals surface area (Å²) < 4.78 is 5.64. The molecule has 0 aromatic carbocycles. The Hall–Kier alpha value is -2.03. The lowest BCUT2D eigenvalue weighted by molar-refractivity contribution is -0.116. The summed E-state index contributed by atoms with van der Waals surface area (Å²) in [6, 6.07) is 2.36. The van der Waals surface area contributed by atoms with Crippen molar-refractivity contribution >= 4 is 22.9 Å². The van der Waals surface area contributed by atoms with E-state index in [9.17, 15) is 14.9 Å². The molecule has 1 aliphatic heterocycles. The molecule has 3 unspecified atom stereocenters. The number of rotatable bonds is 16. The third kappa shape index (κ3) is 9.25. The second kappa shape index (κ2) is 17.0. The highest BCUT2D eigenvalue weighted by atomic mass is 32.1. The van der Waals surface area contributed by atoms with Crippen molar-refractivity contribution in [3.8, 4) is 6.07 Å². The molecule has 0 bridgehead atoms. The summed E-state index contributed by atoms with van der Waals surface area (Å²) in [6.07, 6.45) is 10.8. The molecular weight excluding hydrogens is 514 g/mol. The Balaban J connectivity index is 2.35. The van der Waals surface area contributed by atoms with Crippen LogP contribution in [0, 0.1) is 36.0 Å². The van der Waals surface area contributed by atoms with Gasteiger partial charge in [-0.25, -0.2) is 0 Å². The molecule has 2 rings (SSSR count). The van der Waals surface area contributed by atoms with E-state index in [2.05, 4.69) is 39.8 Å². The summed E-state index contributed by atoms with van der Waals surface area (Å²) in [5, 5.41) is 10.1. The van der Waals surface area contributed by atoms with E-state index in [1.807, 2.05) is 27.7 Å². The molecule has 1 fully saturated rings. The summed E-state index contributed by atoms with van der Waals surface area (Å²) in [5.41, 5.74) is 4.67. The van der Waals surface area contributed by atoms with Crippen LogP contribution in [0.2, 0.25) is 0 Å². The number of nitrogens with zero attached hydrogens (tertiary/aromatic N) is 1. The van der Waals surface area contributed by atoms with E-state index >= 15 is 0 Å². The average molecular weight is 568 g/mol. The molecule has 0 radical (unpaired) electrons. The van der Waals surface area contributed by atoms with Crippen LogP contribution in [0.15, 0.2) is 22.8 Å². The van der Waals surface area contributed by atoms with Crippen molar-refractivity contribution in [2.45, 2.75) is 126 Å². The largest absolute Gasteiger partial charge is 0.381 e. The van der Waals surface area contributed by atoms with Gasteiger partial charge < -0.3 is 4.74 Å². The number of nitriles is 1. The van der Waals surface area contributed by atoms with Gasteiger partial charge in [0.2, 0.25) is 0 Å². The Bertz CT molecular complexity index is 1090. The van der Waals surface area contributed by atoms with Crippen LogP contribution >= 0.6 is 11.3 Å². The standard InChI is InChI=1S/C35H53NO3S/c1-9-12-14-31(37)30(24(6)19-23(4)5)20-27(11-3)21-32(38)34-26(8)35(40-33(34)22-36)25(7)29(13-10-2)28-15-17-39-18-16-28/h19,25,27-29H,9-18,20-21H2,1-8H3/b30-24-. The number of ether oxygens (including phenoxy) is 1. The zero-order valence-electron chi connectivity index (χ0n) is 26.5. The molecular formula is C35H53NO3S. The fourth-order valence-electron chi connectivity index (χ4n) is 6.46. The van der Waals surface area contributed by atoms with Crippen LogP contribution in [-0.2, 0) is 9.53 Å². The Labute approximate surface area is 248 Å². The molecule has 40 heavy (non-hydrogen) atoms. The number of ketones is 2. The van der Waals surface area contributed by atoms with Gasteiger partial charge in [0.25, 0.3) is 0 Å². The number of hydrogen-bond donors (Lipinski definition) is 0. The van der Waals surface area contributed by atoms with Crippen LogP contribution in [0.5, 0.6) is 0 Å². The van der Waals surface area contributed by atoms with Crippen LogP contribution in [0.4, 0.5) is 0 Å². The van der Waals surface area contributed by atoms with Gasteiger partial charge in [-0.05, 0) is 100 Å². The highest BCUT2D eigenvalue weighted by Gasteiger charge is 2.33. The Morgan fingerprint density at radius 1 is 1.10 bits per heavy atom. The molecule has 1 saturated heterocycles. The van der Waals surface area contributed by atoms with Gasteiger partial charge in [0.15, 0.2) is 11.6 Å². The highest BCUT2D eigenvalue weighted by Crippen LogP contribution is 2.44. The summed E-state index contributed by atoms with van der Waals surface area (Å²) in [7, 11) is 0. The van der Waals surface area contributed by atoms with Crippen LogP contribution in [0.3, 0.4) is 0 Å². The maximum atomic E-state index is 13.8. The summed E-state index contributed by atoms with van der Waals surface area (Å²) in [4.78, 5) is 28.8. The Morgan fingerprint density at radius 3 is 2.33 bits per heavy atom. The molecule has 0 saturated carbocycles. The smallest absolute Gasteiger partial charge is 0.165 e. The third-order valence-corrected chi connectivity index (χ3v) is 10.1. The summed E-state index contributed by atoms with van der Waals surface area (Å²) >= 11 is 1.53. The van der Waals surface area contributed by atoms with E-state index in [4.69, 9.17) is 4.74 Å². The lowest BCUT2D eigenvalue weighted by Crippen LogP contribution is -2.27. The van der Waals surface area contributed by atoms with Crippen molar-refractivity contribution in [3.05, 3.63) is 43.7 Å². The molecule has 3 atom stereocenters. The minimum atomic E-state index is 0.0499. The Kier molecular flexibility index (Phi) is 14.6. The number of carbonyl (C=O) groups is 2. The van der Waals surface area contributed by atoms with Gasteiger partial charge in [-0.3, -0.25) is 9.59 Å². The predicted octanol–water partition coefficient (Wildman–Crippen LogP) is 9.91.